The van der Waals surface area contributed by atoms with E-state index in [4.69, 9.17) is 5.73 Å². The summed E-state index contributed by atoms with van der Waals surface area (Å²) in [7, 11) is 2.03. The molecule has 0 saturated heterocycles. The molecule has 0 saturated carbocycles. The molecule has 2 aromatic rings. The van der Waals surface area contributed by atoms with E-state index in [1.165, 1.54) is 15.6 Å². The zero-order valence-electron chi connectivity index (χ0n) is 10.4. The first-order chi connectivity index (χ1) is 8.27. The maximum Gasteiger partial charge on any atom is 0.0358 e. The summed E-state index contributed by atoms with van der Waals surface area (Å²) in [6.45, 7) is 3.02. The van der Waals surface area contributed by atoms with Gasteiger partial charge in [-0.05, 0) is 48.3 Å². The number of thiophene rings is 1. The third kappa shape index (κ3) is 2.51. The van der Waals surface area contributed by atoms with Crippen molar-refractivity contribution in [1.29, 1.82) is 0 Å². The Morgan fingerprint density at radius 3 is 2.82 bits per heavy atom. The molecule has 2 rings (SSSR count). The summed E-state index contributed by atoms with van der Waals surface area (Å²) in [4.78, 5) is 0. The molecule has 1 heterocycles. The molecule has 1 aromatic heterocycles. The Labute approximate surface area is 107 Å². The Hall–Kier alpha value is -0.900. The van der Waals surface area contributed by atoms with Crippen molar-refractivity contribution in [1.82, 2.24) is 5.32 Å². The van der Waals surface area contributed by atoms with Crippen molar-refractivity contribution in [2.45, 2.75) is 19.4 Å². The Kier molecular flexibility index (Phi) is 4.15. The molecular formula is C14H20N2S. The predicted molar refractivity (Wildman–Crippen MR) is 76.5 cm³/mol. The van der Waals surface area contributed by atoms with Gasteiger partial charge in [-0.1, -0.05) is 25.1 Å². The van der Waals surface area contributed by atoms with Gasteiger partial charge in [-0.25, -0.2) is 0 Å². The third-order valence-electron chi connectivity index (χ3n) is 3.35. The van der Waals surface area contributed by atoms with Gasteiger partial charge in [0.15, 0.2) is 0 Å². The number of rotatable bonds is 5. The van der Waals surface area contributed by atoms with Gasteiger partial charge < -0.3 is 11.1 Å². The van der Waals surface area contributed by atoms with Crippen LogP contribution < -0.4 is 11.1 Å². The normalized spacial score (nSPS) is 15.0. The molecule has 0 aliphatic carbocycles. The second kappa shape index (κ2) is 5.63. The minimum Gasteiger partial charge on any atom is -0.330 e. The Balaban J connectivity index is 2.36. The van der Waals surface area contributed by atoms with E-state index in [0.29, 0.717) is 12.0 Å². The van der Waals surface area contributed by atoms with Crippen molar-refractivity contribution >= 4 is 21.4 Å². The summed E-state index contributed by atoms with van der Waals surface area (Å²) in [6, 6.07) is 9.00. The van der Waals surface area contributed by atoms with Crippen molar-refractivity contribution < 1.29 is 0 Å². The third-order valence-corrected chi connectivity index (χ3v) is 4.33. The molecule has 92 valence electrons. The molecule has 0 radical (unpaired) electrons. The zero-order chi connectivity index (χ0) is 12.3. The highest BCUT2D eigenvalue weighted by Gasteiger charge is 2.19. The van der Waals surface area contributed by atoms with Gasteiger partial charge in [-0.3, -0.25) is 0 Å². The Morgan fingerprint density at radius 2 is 2.12 bits per heavy atom. The summed E-state index contributed by atoms with van der Waals surface area (Å²) in [6.07, 6.45) is 1.05. The predicted octanol–water partition coefficient (Wildman–Crippen LogP) is 3.15. The van der Waals surface area contributed by atoms with E-state index in [1.807, 2.05) is 18.4 Å². The van der Waals surface area contributed by atoms with Gasteiger partial charge in [-0.2, -0.15) is 0 Å². The molecule has 2 unspecified atom stereocenters. The minimum absolute atomic E-state index is 0.398. The summed E-state index contributed by atoms with van der Waals surface area (Å²) < 4.78 is 1.36. The van der Waals surface area contributed by atoms with Crippen LogP contribution in [0, 0.1) is 5.92 Å². The van der Waals surface area contributed by atoms with Crippen LogP contribution >= 0.6 is 11.3 Å². The number of hydrogen-bond acceptors (Lipinski definition) is 3. The van der Waals surface area contributed by atoms with E-state index < -0.39 is 0 Å². The smallest absolute Gasteiger partial charge is 0.0358 e. The second-order valence-electron chi connectivity index (χ2n) is 4.51. The minimum atomic E-state index is 0.398. The molecule has 3 heteroatoms. The number of fused-ring (bicyclic) bond motifs is 1. The first-order valence-electron chi connectivity index (χ1n) is 6.11. The molecule has 1 aromatic carbocycles. The topological polar surface area (TPSA) is 38.0 Å². The van der Waals surface area contributed by atoms with Crippen LogP contribution in [0.2, 0.25) is 0 Å². The van der Waals surface area contributed by atoms with Crippen LogP contribution in [0.5, 0.6) is 0 Å². The number of nitrogens with one attached hydrogen (secondary N) is 1. The van der Waals surface area contributed by atoms with Gasteiger partial charge in [-0.15, -0.1) is 11.3 Å². The van der Waals surface area contributed by atoms with Crippen molar-refractivity contribution in [3.05, 3.63) is 35.2 Å². The van der Waals surface area contributed by atoms with Crippen molar-refractivity contribution in [3.8, 4) is 0 Å². The van der Waals surface area contributed by atoms with Crippen LogP contribution in [0.4, 0.5) is 0 Å². The standard InChI is InChI=1S/C14H20N2S/c1-10(7-8-15)14(16-2)12-9-17-13-6-4-3-5-11(12)13/h3-6,9-10,14,16H,7-8,15H2,1-2H3. The van der Waals surface area contributed by atoms with Crippen LogP contribution in [0.15, 0.2) is 29.6 Å². The maximum atomic E-state index is 5.66. The molecule has 0 amide bonds. The molecule has 0 bridgehead atoms. The largest absolute Gasteiger partial charge is 0.330 e. The zero-order valence-corrected chi connectivity index (χ0v) is 11.3. The van der Waals surface area contributed by atoms with E-state index >= 15 is 0 Å². The molecule has 0 aliphatic heterocycles. The first kappa shape index (κ1) is 12.6. The van der Waals surface area contributed by atoms with E-state index in [0.717, 1.165) is 13.0 Å². The average molecular weight is 248 g/mol. The first-order valence-corrected chi connectivity index (χ1v) is 6.99. The second-order valence-corrected chi connectivity index (χ2v) is 5.42. The van der Waals surface area contributed by atoms with Crippen molar-refractivity contribution in [2.24, 2.45) is 11.7 Å². The maximum absolute atomic E-state index is 5.66. The van der Waals surface area contributed by atoms with Gasteiger partial charge in [0.1, 0.15) is 0 Å². The lowest BCUT2D eigenvalue weighted by atomic mass is 9.92. The molecule has 3 N–H and O–H groups in total. The van der Waals surface area contributed by atoms with E-state index in [-0.39, 0.29) is 0 Å². The van der Waals surface area contributed by atoms with Crippen LogP contribution in [0.1, 0.15) is 24.9 Å². The fourth-order valence-electron chi connectivity index (χ4n) is 2.42. The molecular weight excluding hydrogens is 228 g/mol. The fourth-order valence-corrected chi connectivity index (χ4v) is 3.41. The summed E-state index contributed by atoms with van der Waals surface area (Å²) in [5, 5.41) is 7.08. The van der Waals surface area contributed by atoms with Gasteiger partial charge in [0.2, 0.25) is 0 Å². The highest BCUT2D eigenvalue weighted by Crippen LogP contribution is 2.34. The van der Waals surface area contributed by atoms with Crippen LogP contribution in [-0.4, -0.2) is 13.6 Å². The lowest BCUT2D eigenvalue weighted by molar-refractivity contribution is 0.394. The molecule has 0 spiro atoms. The fraction of sp³-hybridized carbons (Fsp3) is 0.429. The molecule has 0 fully saturated rings. The molecule has 2 atom stereocenters. The van der Waals surface area contributed by atoms with Crippen LogP contribution in [0.3, 0.4) is 0 Å². The van der Waals surface area contributed by atoms with E-state index in [9.17, 15) is 0 Å². The highest BCUT2D eigenvalue weighted by atomic mass is 32.1. The van der Waals surface area contributed by atoms with Crippen LogP contribution in [0.25, 0.3) is 10.1 Å². The quantitative estimate of drug-likeness (QED) is 0.853. The summed E-state index contributed by atoms with van der Waals surface area (Å²) in [5.74, 6) is 0.558. The Bertz CT molecular complexity index is 478. The van der Waals surface area contributed by atoms with E-state index in [2.05, 4.69) is 41.9 Å². The highest BCUT2D eigenvalue weighted by molar-refractivity contribution is 7.17. The van der Waals surface area contributed by atoms with Gasteiger partial charge >= 0.3 is 0 Å². The number of hydrogen-bond donors (Lipinski definition) is 2. The number of benzene rings is 1. The number of nitrogens with two attached hydrogens (primary N) is 1. The van der Waals surface area contributed by atoms with Crippen molar-refractivity contribution in [2.75, 3.05) is 13.6 Å². The molecule has 17 heavy (non-hydrogen) atoms. The van der Waals surface area contributed by atoms with E-state index in [1.54, 1.807) is 0 Å². The Morgan fingerprint density at radius 1 is 1.35 bits per heavy atom. The van der Waals surface area contributed by atoms with Gasteiger partial charge in [0, 0.05) is 10.7 Å². The van der Waals surface area contributed by atoms with Crippen LogP contribution in [-0.2, 0) is 0 Å². The van der Waals surface area contributed by atoms with Gasteiger partial charge in [0.25, 0.3) is 0 Å². The van der Waals surface area contributed by atoms with Crippen molar-refractivity contribution in [3.63, 3.8) is 0 Å². The lowest BCUT2D eigenvalue weighted by Gasteiger charge is -2.23. The summed E-state index contributed by atoms with van der Waals surface area (Å²) in [5.41, 5.74) is 7.07. The monoisotopic (exact) mass is 248 g/mol. The lowest BCUT2D eigenvalue weighted by Crippen LogP contribution is -2.25. The van der Waals surface area contributed by atoms with Gasteiger partial charge in [0.05, 0.1) is 0 Å². The SMILES string of the molecule is CNC(c1csc2ccccc12)C(C)CCN. The molecule has 0 aliphatic rings. The average Bonchev–Trinajstić information content (AvgIpc) is 2.75. The molecule has 2 nitrogen and oxygen atoms in total. The summed E-state index contributed by atoms with van der Waals surface area (Å²) >= 11 is 1.82.